The zero-order valence-corrected chi connectivity index (χ0v) is 17.1. The molecule has 1 saturated heterocycles. The Morgan fingerprint density at radius 2 is 1.85 bits per heavy atom. The number of hydrogen-bond donors (Lipinski definition) is 1. The second kappa shape index (κ2) is 7.87. The number of nitrogens with one attached hydrogen (secondary N) is 1. The number of aromatic nitrogens is 1. The van der Waals surface area contributed by atoms with Crippen LogP contribution in [0.25, 0.3) is 5.69 Å². The lowest BCUT2D eigenvalue weighted by molar-refractivity contribution is -0.00923. The van der Waals surface area contributed by atoms with Crippen LogP contribution in [0.15, 0.2) is 30.3 Å². The molecule has 5 nitrogen and oxygen atoms in total. The van der Waals surface area contributed by atoms with Gasteiger partial charge in [0.1, 0.15) is 0 Å². The third-order valence-corrected chi connectivity index (χ3v) is 5.48. The summed E-state index contributed by atoms with van der Waals surface area (Å²) >= 11 is 0. The second-order valence-corrected chi connectivity index (χ2v) is 8.05. The molecule has 0 atom stereocenters. The van der Waals surface area contributed by atoms with Crippen molar-refractivity contribution in [2.45, 2.75) is 40.2 Å². The first-order valence-electron chi connectivity index (χ1n) is 9.66. The molecule has 1 aromatic carbocycles. The molecule has 0 aliphatic carbocycles. The standard InChI is InChI=1S/C22H31N3O2/c1-16-7-6-8-19(13-16)25-17(2)14-20(18(25)3)21(26)23-15-22(4,5)24-9-11-27-12-10-24/h6-8,13-14H,9-12,15H2,1-5H3,(H,23,26). The maximum Gasteiger partial charge on any atom is 0.253 e. The molecule has 2 heterocycles. The van der Waals surface area contributed by atoms with Crippen LogP contribution in [0.2, 0.25) is 0 Å². The third-order valence-electron chi connectivity index (χ3n) is 5.48. The molecule has 0 bridgehead atoms. The first kappa shape index (κ1) is 19.6. The van der Waals surface area contributed by atoms with Crippen molar-refractivity contribution in [1.82, 2.24) is 14.8 Å². The van der Waals surface area contributed by atoms with Gasteiger partial charge in [-0.1, -0.05) is 12.1 Å². The van der Waals surface area contributed by atoms with Gasteiger partial charge < -0.3 is 14.6 Å². The molecular weight excluding hydrogens is 338 g/mol. The van der Waals surface area contributed by atoms with Gasteiger partial charge in [-0.3, -0.25) is 9.69 Å². The summed E-state index contributed by atoms with van der Waals surface area (Å²) in [6.45, 7) is 14.4. The zero-order chi connectivity index (χ0) is 19.6. The molecule has 1 amide bonds. The molecule has 1 aliphatic heterocycles. The Labute approximate surface area is 162 Å². The van der Waals surface area contributed by atoms with Crippen LogP contribution in [0.4, 0.5) is 0 Å². The Hall–Kier alpha value is -2.11. The minimum absolute atomic E-state index is 0.0108. The highest BCUT2D eigenvalue weighted by atomic mass is 16.5. The minimum atomic E-state index is -0.0957. The van der Waals surface area contributed by atoms with Gasteiger partial charge in [-0.25, -0.2) is 0 Å². The second-order valence-electron chi connectivity index (χ2n) is 8.05. The minimum Gasteiger partial charge on any atom is -0.379 e. The summed E-state index contributed by atoms with van der Waals surface area (Å²) in [6, 6.07) is 10.3. The van der Waals surface area contributed by atoms with E-state index in [0.29, 0.717) is 6.54 Å². The highest BCUT2D eigenvalue weighted by Crippen LogP contribution is 2.22. The van der Waals surface area contributed by atoms with Crippen LogP contribution in [0, 0.1) is 20.8 Å². The lowest BCUT2D eigenvalue weighted by Gasteiger charge is -2.40. The lowest BCUT2D eigenvalue weighted by Crippen LogP contribution is -2.55. The maximum atomic E-state index is 12.9. The predicted molar refractivity (Wildman–Crippen MR) is 109 cm³/mol. The largest absolute Gasteiger partial charge is 0.379 e. The van der Waals surface area contributed by atoms with Gasteiger partial charge >= 0.3 is 0 Å². The van der Waals surface area contributed by atoms with Crippen LogP contribution in [-0.4, -0.2) is 53.8 Å². The van der Waals surface area contributed by atoms with E-state index in [1.54, 1.807) is 0 Å². The Morgan fingerprint density at radius 1 is 1.15 bits per heavy atom. The number of benzene rings is 1. The van der Waals surface area contributed by atoms with Crippen molar-refractivity contribution in [3.05, 3.63) is 52.8 Å². The summed E-state index contributed by atoms with van der Waals surface area (Å²) in [5, 5.41) is 3.15. The van der Waals surface area contributed by atoms with Crippen molar-refractivity contribution in [1.29, 1.82) is 0 Å². The van der Waals surface area contributed by atoms with Gasteiger partial charge in [0.05, 0.1) is 18.8 Å². The van der Waals surface area contributed by atoms with E-state index < -0.39 is 0 Å². The fourth-order valence-corrected chi connectivity index (χ4v) is 3.83. The van der Waals surface area contributed by atoms with Crippen molar-refractivity contribution < 1.29 is 9.53 Å². The number of carbonyl (C=O) groups is 1. The van der Waals surface area contributed by atoms with Crippen molar-refractivity contribution in [3.8, 4) is 5.69 Å². The number of ether oxygens (including phenoxy) is 1. The molecule has 0 spiro atoms. The zero-order valence-electron chi connectivity index (χ0n) is 17.1. The van der Waals surface area contributed by atoms with Crippen molar-refractivity contribution >= 4 is 5.91 Å². The summed E-state index contributed by atoms with van der Waals surface area (Å²) in [7, 11) is 0. The molecule has 1 N–H and O–H groups in total. The van der Waals surface area contributed by atoms with E-state index in [1.165, 1.54) is 5.56 Å². The van der Waals surface area contributed by atoms with Crippen LogP contribution in [0.3, 0.4) is 0 Å². The summed E-state index contributed by atoms with van der Waals surface area (Å²) < 4.78 is 7.59. The van der Waals surface area contributed by atoms with E-state index in [2.05, 4.69) is 53.8 Å². The van der Waals surface area contributed by atoms with Gasteiger partial charge in [-0.05, 0) is 58.4 Å². The first-order valence-corrected chi connectivity index (χ1v) is 9.66. The maximum absolute atomic E-state index is 12.9. The number of aryl methyl sites for hydroxylation is 2. The fourth-order valence-electron chi connectivity index (χ4n) is 3.83. The van der Waals surface area contributed by atoms with E-state index in [4.69, 9.17) is 4.74 Å². The van der Waals surface area contributed by atoms with E-state index >= 15 is 0 Å². The molecule has 27 heavy (non-hydrogen) atoms. The molecule has 1 fully saturated rings. The average Bonchev–Trinajstić information content (AvgIpc) is 2.95. The van der Waals surface area contributed by atoms with E-state index in [-0.39, 0.29) is 11.4 Å². The van der Waals surface area contributed by atoms with E-state index in [0.717, 1.165) is 48.9 Å². The molecule has 5 heteroatoms. The molecule has 0 radical (unpaired) electrons. The molecule has 1 aromatic heterocycles. The molecule has 146 valence electrons. The van der Waals surface area contributed by atoms with Gasteiger partial charge in [0.25, 0.3) is 5.91 Å². The smallest absolute Gasteiger partial charge is 0.253 e. The van der Waals surface area contributed by atoms with Crippen LogP contribution in [0.1, 0.15) is 41.2 Å². The average molecular weight is 370 g/mol. The van der Waals surface area contributed by atoms with Crippen LogP contribution in [-0.2, 0) is 4.74 Å². The summed E-state index contributed by atoms with van der Waals surface area (Å²) in [4.78, 5) is 15.3. The quantitative estimate of drug-likeness (QED) is 0.880. The highest BCUT2D eigenvalue weighted by molar-refractivity contribution is 5.96. The Kier molecular flexibility index (Phi) is 5.72. The molecule has 3 rings (SSSR count). The summed E-state index contributed by atoms with van der Waals surface area (Å²) in [6.07, 6.45) is 0. The van der Waals surface area contributed by atoms with E-state index in [9.17, 15) is 4.79 Å². The Bertz CT molecular complexity index is 817. The third kappa shape index (κ3) is 4.25. The Balaban J connectivity index is 1.75. The summed E-state index contributed by atoms with van der Waals surface area (Å²) in [5.74, 6) is -0.0108. The van der Waals surface area contributed by atoms with Crippen molar-refractivity contribution in [2.75, 3.05) is 32.8 Å². The summed E-state index contributed by atoms with van der Waals surface area (Å²) in [5.41, 5.74) is 4.99. The van der Waals surface area contributed by atoms with Gasteiger partial charge in [0.2, 0.25) is 0 Å². The topological polar surface area (TPSA) is 46.5 Å². The predicted octanol–water partition coefficient (Wildman–Crippen LogP) is 3.24. The number of hydrogen-bond acceptors (Lipinski definition) is 3. The number of amides is 1. The molecular formula is C22H31N3O2. The monoisotopic (exact) mass is 369 g/mol. The van der Waals surface area contributed by atoms with Gasteiger partial charge in [-0.2, -0.15) is 0 Å². The number of morpholine rings is 1. The van der Waals surface area contributed by atoms with Crippen molar-refractivity contribution in [3.63, 3.8) is 0 Å². The first-order chi connectivity index (χ1) is 12.8. The number of rotatable bonds is 5. The highest BCUT2D eigenvalue weighted by Gasteiger charge is 2.29. The Morgan fingerprint density at radius 3 is 2.52 bits per heavy atom. The SMILES string of the molecule is Cc1cccc(-n2c(C)cc(C(=O)NCC(C)(C)N3CCOCC3)c2C)c1. The van der Waals surface area contributed by atoms with Gasteiger partial charge in [0, 0.05) is 42.2 Å². The van der Waals surface area contributed by atoms with Crippen LogP contribution >= 0.6 is 0 Å². The number of carbonyl (C=O) groups excluding carboxylic acids is 1. The van der Waals surface area contributed by atoms with Gasteiger partial charge in [0.15, 0.2) is 0 Å². The lowest BCUT2D eigenvalue weighted by atomic mass is 10.0. The number of nitrogens with zero attached hydrogens (tertiary/aromatic N) is 2. The van der Waals surface area contributed by atoms with Crippen LogP contribution < -0.4 is 5.32 Å². The van der Waals surface area contributed by atoms with E-state index in [1.807, 2.05) is 26.0 Å². The molecule has 0 saturated carbocycles. The normalized spacial score (nSPS) is 15.7. The molecule has 1 aliphatic rings. The van der Waals surface area contributed by atoms with Gasteiger partial charge in [-0.15, -0.1) is 0 Å². The van der Waals surface area contributed by atoms with Crippen LogP contribution in [0.5, 0.6) is 0 Å². The molecule has 2 aromatic rings. The molecule has 0 unspecified atom stereocenters. The van der Waals surface area contributed by atoms with Crippen molar-refractivity contribution in [2.24, 2.45) is 0 Å². The fraction of sp³-hybridized carbons (Fsp3) is 0.500.